The lowest BCUT2D eigenvalue weighted by Gasteiger charge is -2.09. The van der Waals surface area contributed by atoms with Gasteiger partial charge < -0.3 is 19.5 Å². The third-order valence-electron chi connectivity index (χ3n) is 4.82. The fourth-order valence-corrected chi connectivity index (χ4v) is 3.14. The minimum atomic E-state index is -0.763. The maximum Gasteiger partial charge on any atom is 0.331 e. The summed E-state index contributed by atoms with van der Waals surface area (Å²) >= 11 is 0. The Bertz CT molecular complexity index is 1270. The van der Waals surface area contributed by atoms with E-state index in [0.29, 0.717) is 22.8 Å². The highest BCUT2D eigenvalue weighted by atomic mass is 16.5. The molecular formula is C26H26N4O6. The summed E-state index contributed by atoms with van der Waals surface area (Å²) in [6.45, 7) is 3.04. The lowest BCUT2D eigenvalue weighted by atomic mass is 10.1. The van der Waals surface area contributed by atoms with Gasteiger partial charge in [0.25, 0.3) is 5.91 Å². The van der Waals surface area contributed by atoms with Crippen LogP contribution in [-0.4, -0.2) is 55.1 Å². The van der Waals surface area contributed by atoms with Crippen LogP contribution < -0.4 is 20.1 Å². The van der Waals surface area contributed by atoms with Crippen molar-refractivity contribution in [2.75, 3.05) is 27.4 Å². The number of nitrogens with one attached hydrogen (secondary N) is 2. The number of para-hydroxylation sites is 1. The van der Waals surface area contributed by atoms with Crippen LogP contribution in [0.15, 0.2) is 73.5 Å². The third kappa shape index (κ3) is 6.83. The average Bonchev–Trinajstić information content (AvgIpc) is 3.34. The minimum Gasteiger partial charge on any atom is -0.493 e. The number of benzene rings is 2. The number of hydrogen-bond acceptors (Lipinski definition) is 7. The largest absolute Gasteiger partial charge is 0.493 e. The Labute approximate surface area is 208 Å². The highest BCUT2D eigenvalue weighted by Crippen LogP contribution is 2.33. The second-order valence-corrected chi connectivity index (χ2v) is 7.27. The van der Waals surface area contributed by atoms with Crippen LogP contribution in [0.4, 0.5) is 4.79 Å². The quantitative estimate of drug-likeness (QED) is 0.254. The molecule has 10 nitrogen and oxygen atoms in total. The number of esters is 1. The first-order valence-electron chi connectivity index (χ1n) is 10.9. The van der Waals surface area contributed by atoms with E-state index in [2.05, 4.69) is 11.9 Å². The number of nitrogens with zero attached hydrogens (tertiary/aromatic N) is 2. The predicted octanol–water partition coefficient (Wildman–Crippen LogP) is 3.12. The van der Waals surface area contributed by atoms with E-state index in [-0.39, 0.29) is 6.54 Å². The molecule has 0 fully saturated rings. The molecule has 0 bridgehead atoms. The molecule has 3 rings (SSSR count). The molecule has 36 heavy (non-hydrogen) atoms. The summed E-state index contributed by atoms with van der Waals surface area (Å²) in [7, 11) is 3.09. The van der Waals surface area contributed by atoms with Crippen LogP contribution in [-0.2, 0) is 14.3 Å². The van der Waals surface area contributed by atoms with E-state index in [1.54, 1.807) is 37.2 Å². The molecule has 2 N–H and O–H groups in total. The number of hydrogen-bond donors (Lipinski definition) is 2. The van der Waals surface area contributed by atoms with Gasteiger partial charge in [0.1, 0.15) is 5.69 Å². The molecule has 186 valence electrons. The first-order valence-corrected chi connectivity index (χ1v) is 10.9. The normalized spacial score (nSPS) is 10.5. The summed E-state index contributed by atoms with van der Waals surface area (Å²) < 4.78 is 17.3. The summed E-state index contributed by atoms with van der Waals surface area (Å²) in [6.07, 6.45) is 5.95. The number of amides is 3. The minimum absolute atomic E-state index is 0.195. The summed E-state index contributed by atoms with van der Waals surface area (Å²) in [5.41, 5.74) is 2.77. The van der Waals surface area contributed by atoms with Gasteiger partial charge in [-0.3, -0.25) is 10.1 Å². The molecule has 1 aromatic heterocycles. The maximum absolute atomic E-state index is 12.2. The van der Waals surface area contributed by atoms with Crippen LogP contribution in [0, 0.1) is 0 Å². The molecule has 0 aliphatic carbocycles. The van der Waals surface area contributed by atoms with Gasteiger partial charge in [0, 0.05) is 29.9 Å². The van der Waals surface area contributed by atoms with Crippen molar-refractivity contribution < 1.29 is 28.6 Å². The molecule has 0 radical (unpaired) electrons. The van der Waals surface area contributed by atoms with Gasteiger partial charge in [-0.25, -0.2) is 14.3 Å². The maximum atomic E-state index is 12.2. The Morgan fingerprint density at radius 3 is 2.50 bits per heavy atom. The van der Waals surface area contributed by atoms with Crippen LogP contribution >= 0.6 is 0 Å². The monoisotopic (exact) mass is 490 g/mol. The number of aromatic nitrogens is 2. The lowest BCUT2D eigenvalue weighted by Crippen LogP contribution is -2.41. The van der Waals surface area contributed by atoms with E-state index in [1.165, 1.54) is 18.2 Å². The highest BCUT2D eigenvalue weighted by molar-refractivity contribution is 5.96. The third-order valence-corrected chi connectivity index (χ3v) is 4.82. The number of ether oxygens (including phenoxy) is 3. The zero-order valence-electron chi connectivity index (χ0n) is 19.9. The molecule has 10 heteroatoms. The molecule has 0 unspecified atom stereocenters. The molecule has 0 saturated carbocycles. The van der Waals surface area contributed by atoms with Gasteiger partial charge in [-0.1, -0.05) is 24.3 Å². The van der Waals surface area contributed by atoms with Crippen LogP contribution in [0.5, 0.6) is 11.5 Å². The number of rotatable bonds is 10. The Hall–Kier alpha value is -4.86. The average molecular weight is 491 g/mol. The first-order chi connectivity index (χ1) is 17.4. The predicted molar refractivity (Wildman–Crippen MR) is 134 cm³/mol. The van der Waals surface area contributed by atoms with Crippen molar-refractivity contribution in [1.29, 1.82) is 0 Å². The SMILES string of the molecule is C=CCNC(=O)NC(=O)COC(=O)/C=C/c1cn(-c2ccccc2)nc1-c1ccc(OC)c(OC)c1. The second-order valence-electron chi connectivity index (χ2n) is 7.27. The molecule has 0 atom stereocenters. The molecule has 0 aliphatic heterocycles. The fourth-order valence-electron chi connectivity index (χ4n) is 3.14. The Balaban J connectivity index is 1.80. The van der Waals surface area contributed by atoms with E-state index in [1.807, 2.05) is 41.7 Å². The van der Waals surface area contributed by atoms with E-state index in [9.17, 15) is 14.4 Å². The smallest absolute Gasteiger partial charge is 0.331 e. The van der Waals surface area contributed by atoms with Crippen LogP contribution in [0.1, 0.15) is 5.56 Å². The van der Waals surface area contributed by atoms with Crippen molar-refractivity contribution in [3.8, 4) is 28.4 Å². The van der Waals surface area contributed by atoms with Gasteiger partial charge in [-0.2, -0.15) is 5.10 Å². The lowest BCUT2D eigenvalue weighted by molar-refractivity contribution is -0.143. The highest BCUT2D eigenvalue weighted by Gasteiger charge is 2.15. The fraction of sp³-hybridized carbons (Fsp3) is 0.154. The van der Waals surface area contributed by atoms with E-state index in [4.69, 9.17) is 19.3 Å². The van der Waals surface area contributed by atoms with Crippen molar-refractivity contribution in [1.82, 2.24) is 20.4 Å². The van der Waals surface area contributed by atoms with Crippen molar-refractivity contribution >= 4 is 24.0 Å². The number of carbonyl (C=O) groups is 3. The summed E-state index contributed by atoms with van der Waals surface area (Å²) in [4.78, 5) is 35.5. The van der Waals surface area contributed by atoms with E-state index >= 15 is 0 Å². The molecule has 0 aliphatic rings. The Morgan fingerprint density at radius 1 is 1.06 bits per heavy atom. The number of methoxy groups -OCH3 is 2. The van der Waals surface area contributed by atoms with Gasteiger partial charge in [-0.05, 0) is 36.4 Å². The summed E-state index contributed by atoms with van der Waals surface area (Å²) in [6, 6.07) is 14.2. The van der Waals surface area contributed by atoms with Crippen LogP contribution in [0.25, 0.3) is 23.0 Å². The van der Waals surface area contributed by atoms with Crippen molar-refractivity contribution in [2.24, 2.45) is 0 Å². The van der Waals surface area contributed by atoms with Crippen LogP contribution in [0.2, 0.25) is 0 Å². The molecule has 0 spiro atoms. The second kappa shape index (κ2) is 12.6. The van der Waals surface area contributed by atoms with E-state index in [0.717, 1.165) is 11.3 Å². The molecule has 0 saturated heterocycles. The number of urea groups is 1. The van der Waals surface area contributed by atoms with E-state index < -0.39 is 24.5 Å². The summed E-state index contributed by atoms with van der Waals surface area (Å²) in [5.74, 6) is -0.425. The summed E-state index contributed by atoms with van der Waals surface area (Å²) in [5, 5.41) is 9.12. The Kier molecular flexibility index (Phi) is 8.99. The van der Waals surface area contributed by atoms with Gasteiger partial charge >= 0.3 is 12.0 Å². The standard InChI is InChI=1S/C26H26N4O6/c1-4-14-27-26(33)28-23(31)17-36-24(32)13-11-19-16-30(20-8-6-5-7-9-20)29-25(19)18-10-12-21(34-2)22(15-18)35-3/h4-13,15-16H,1,14,17H2,2-3H3,(H2,27,28,31,33)/b13-11+. The molecule has 1 heterocycles. The van der Waals surface area contributed by atoms with Crippen molar-refractivity contribution in [3.63, 3.8) is 0 Å². The molecule has 3 aromatic rings. The number of carbonyl (C=O) groups excluding carboxylic acids is 3. The first kappa shape index (κ1) is 25.8. The van der Waals surface area contributed by atoms with Gasteiger partial charge in [0.15, 0.2) is 18.1 Å². The Morgan fingerprint density at radius 2 is 1.81 bits per heavy atom. The number of imide groups is 1. The van der Waals surface area contributed by atoms with Gasteiger partial charge in [0.05, 0.1) is 19.9 Å². The van der Waals surface area contributed by atoms with Gasteiger partial charge in [-0.15, -0.1) is 6.58 Å². The molecular weight excluding hydrogens is 464 g/mol. The zero-order valence-corrected chi connectivity index (χ0v) is 19.9. The van der Waals surface area contributed by atoms with Crippen LogP contribution in [0.3, 0.4) is 0 Å². The molecule has 2 aromatic carbocycles. The topological polar surface area (TPSA) is 121 Å². The van der Waals surface area contributed by atoms with Crippen molar-refractivity contribution in [2.45, 2.75) is 0 Å². The molecule has 3 amide bonds. The van der Waals surface area contributed by atoms with Gasteiger partial charge in [0.2, 0.25) is 0 Å². The van der Waals surface area contributed by atoms with Crippen molar-refractivity contribution in [3.05, 3.63) is 79.0 Å². The zero-order chi connectivity index (χ0) is 25.9.